The molecule has 156 valence electrons. The fraction of sp³-hybridized carbons (Fsp3) is 0.174. The van der Waals surface area contributed by atoms with Crippen molar-refractivity contribution in [1.82, 2.24) is 5.32 Å². The molecule has 1 unspecified atom stereocenters. The molecule has 0 spiro atoms. The van der Waals surface area contributed by atoms with Crippen LogP contribution in [0.2, 0.25) is 5.02 Å². The Morgan fingerprint density at radius 1 is 1.00 bits per heavy atom. The highest BCUT2D eigenvalue weighted by atomic mass is 35.5. The van der Waals surface area contributed by atoms with Crippen LogP contribution >= 0.6 is 11.6 Å². The first-order chi connectivity index (χ1) is 14.3. The van der Waals surface area contributed by atoms with Crippen LogP contribution in [-0.2, 0) is 10.0 Å². The van der Waals surface area contributed by atoms with Gasteiger partial charge < -0.3 is 5.32 Å². The van der Waals surface area contributed by atoms with Crippen molar-refractivity contribution in [3.05, 3.63) is 95.0 Å². The number of nitrogens with one attached hydrogen (secondary N) is 1. The summed E-state index contributed by atoms with van der Waals surface area (Å²) in [6, 6.07) is 22.3. The van der Waals surface area contributed by atoms with Crippen LogP contribution in [0.5, 0.6) is 0 Å². The fourth-order valence-corrected chi connectivity index (χ4v) is 4.58. The van der Waals surface area contributed by atoms with E-state index >= 15 is 0 Å². The Kier molecular flexibility index (Phi) is 6.80. The van der Waals surface area contributed by atoms with Gasteiger partial charge in [-0.3, -0.25) is 9.10 Å². The fourth-order valence-electron chi connectivity index (χ4n) is 3.12. The lowest BCUT2D eigenvalue weighted by Gasteiger charge is -2.21. The van der Waals surface area contributed by atoms with Gasteiger partial charge in [0.25, 0.3) is 15.9 Å². The largest absolute Gasteiger partial charge is 0.345 e. The summed E-state index contributed by atoms with van der Waals surface area (Å²) in [6.45, 7) is 1.99. The maximum atomic E-state index is 12.8. The molecule has 7 heteroatoms. The minimum Gasteiger partial charge on any atom is -0.345 e. The first-order valence-electron chi connectivity index (χ1n) is 9.54. The number of hydrogen-bond acceptors (Lipinski definition) is 3. The van der Waals surface area contributed by atoms with Gasteiger partial charge in [-0.05, 0) is 42.3 Å². The molecule has 30 heavy (non-hydrogen) atoms. The number of carbonyl (C=O) groups is 1. The van der Waals surface area contributed by atoms with Gasteiger partial charge in [-0.2, -0.15) is 0 Å². The minimum atomic E-state index is -3.73. The Labute approximate surface area is 182 Å². The molecule has 0 bridgehead atoms. The molecule has 0 radical (unpaired) electrons. The van der Waals surface area contributed by atoms with E-state index in [1.54, 1.807) is 30.3 Å². The number of sulfonamides is 1. The van der Waals surface area contributed by atoms with E-state index in [0.29, 0.717) is 11.3 Å². The molecule has 0 aliphatic carbocycles. The summed E-state index contributed by atoms with van der Waals surface area (Å²) in [5, 5.41) is 3.17. The third kappa shape index (κ3) is 4.66. The third-order valence-electron chi connectivity index (χ3n) is 4.88. The molecule has 0 aromatic heterocycles. The van der Waals surface area contributed by atoms with Crippen LogP contribution in [0, 0.1) is 0 Å². The molecule has 0 saturated heterocycles. The smallest absolute Gasteiger partial charge is 0.264 e. The molecule has 3 aromatic carbocycles. The van der Waals surface area contributed by atoms with Crippen molar-refractivity contribution in [1.29, 1.82) is 0 Å². The summed E-state index contributed by atoms with van der Waals surface area (Å²) in [7, 11) is -2.27. The van der Waals surface area contributed by atoms with Gasteiger partial charge in [-0.1, -0.05) is 67.1 Å². The van der Waals surface area contributed by atoms with Crippen LogP contribution in [0.25, 0.3) is 0 Å². The Morgan fingerprint density at radius 3 is 2.17 bits per heavy atom. The molecule has 5 nitrogen and oxygen atoms in total. The Hall–Kier alpha value is -2.83. The summed E-state index contributed by atoms with van der Waals surface area (Å²) in [4.78, 5) is 13.0. The van der Waals surface area contributed by atoms with E-state index in [4.69, 9.17) is 11.6 Å². The highest BCUT2D eigenvalue weighted by molar-refractivity contribution is 7.92. The second-order valence-electron chi connectivity index (χ2n) is 6.79. The number of nitrogens with zero attached hydrogens (tertiary/aromatic N) is 1. The molecule has 1 amide bonds. The molecular weight excluding hydrogens is 420 g/mol. The summed E-state index contributed by atoms with van der Waals surface area (Å²) < 4.78 is 26.8. The molecule has 3 rings (SSSR count). The average Bonchev–Trinajstić information content (AvgIpc) is 2.77. The van der Waals surface area contributed by atoms with Crippen molar-refractivity contribution in [3.8, 4) is 0 Å². The van der Waals surface area contributed by atoms with E-state index in [0.717, 1.165) is 16.3 Å². The van der Waals surface area contributed by atoms with Crippen molar-refractivity contribution < 1.29 is 13.2 Å². The first-order valence-corrected chi connectivity index (χ1v) is 11.4. The molecule has 1 N–H and O–H groups in total. The van der Waals surface area contributed by atoms with Crippen LogP contribution in [-0.4, -0.2) is 21.4 Å². The van der Waals surface area contributed by atoms with Crippen molar-refractivity contribution in [3.63, 3.8) is 0 Å². The number of rotatable bonds is 7. The summed E-state index contributed by atoms with van der Waals surface area (Å²) in [6.07, 6.45) is 0.726. The number of anilines is 1. The highest BCUT2D eigenvalue weighted by Gasteiger charge is 2.23. The predicted octanol–water partition coefficient (Wildman–Crippen LogP) is 5.05. The number of hydrogen-bond donors (Lipinski definition) is 1. The lowest BCUT2D eigenvalue weighted by atomic mass is 10.0. The zero-order valence-corrected chi connectivity index (χ0v) is 18.3. The molecule has 3 aromatic rings. The van der Waals surface area contributed by atoms with Crippen molar-refractivity contribution >= 4 is 33.2 Å². The van der Waals surface area contributed by atoms with Crippen molar-refractivity contribution in [2.45, 2.75) is 24.3 Å². The van der Waals surface area contributed by atoms with Gasteiger partial charge in [0.2, 0.25) is 0 Å². The zero-order valence-electron chi connectivity index (χ0n) is 16.7. The molecule has 0 aliphatic heterocycles. The lowest BCUT2D eigenvalue weighted by molar-refractivity contribution is 0.0935. The molecular formula is C23H23ClN2O3S. The van der Waals surface area contributed by atoms with Crippen molar-refractivity contribution in [2.24, 2.45) is 0 Å². The van der Waals surface area contributed by atoms with Gasteiger partial charge in [0.15, 0.2) is 0 Å². The van der Waals surface area contributed by atoms with Gasteiger partial charge in [0, 0.05) is 7.05 Å². The second kappa shape index (κ2) is 9.32. The Morgan fingerprint density at radius 2 is 1.60 bits per heavy atom. The standard InChI is InChI=1S/C23H23ClN2O3S/c1-3-22(17-10-6-4-7-11-17)25-23(27)20-15-14-18(16-21(20)24)26(2)30(28,29)19-12-8-5-9-13-19/h4-16,22H,3H2,1-2H3,(H,25,27). The number of benzene rings is 3. The van der Waals surface area contributed by atoms with Crippen LogP contribution in [0.1, 0.15) is 35.3 Å². The minimum absolute atomic E-state index is 0.143. The quantitative estimate of drug-likeness (QED) is 0.557. The second-order valence-corrected chi connectivity index (χ2v) is 9.17. The summed E-state index contributed by atoms with van der Waals surface area (Å²) in [5.74, 6) is -0.309. The van der Waals surface area contributed by atoms with E-state index in [1.807, 2.05) is 37.3 Å². The molecule has 1 atom stereocenters. The monoisotopic (exact) mass is 442 g/mol. The van der Waals surface area contributed by atoms with E-state index < -0.39 is 10.0 Å². The Balaban J connectivity index is 1.82. The van der Waals surface area contributed by atoms with Crippen LogP contribution in [0.15, 0.2) is 83.8 Å². The van der Waals surface area contributed by atoms with Crippen LogP contribution in [0.4, 0.5) is 5.69 Å². The number of carbonyl (C=O) groups excluding carboxylic acids is 1. The van der Waals surface area contributed by atoms with Gasteiger partial charge in [-0.15, -0.1) is 0 Å². The number of amides is 1. The molecule has 0 fully saturated rings. The SMILES string of the molecule is CCC(NC(=O)c1ccc(N(C)S(=O)(=O)c2ccccc2)cc1Cl)c1ccccc1. The molecule has 0 heterocycles. The molecule has 0 saturated carbocycles. The third-order valence-corrected chi connectivity index (χ3v) is 6.99. The number of halogens is 1. The van der Waals surface area contributed by atoms with E-state index in [2.05, 4.69) is 5.32 Å². The Bertz CT molecular complexity index is 1120. The summed E-state index contributed by atoms with van der Waals surface area (Å²) >= 11 is 6.35. The zero-order chi connectivity index (χ0) is 21.7. The summed E-state index contributed by atoms with van der Waals surface area (Å²) in [5.41, 5.74) is 1.67. The lowest BCUT2D eigenvalue weighted by Crippen LogP contribution is -2.29. The predicted molar refractivity (Wildman–Crippen MR) is 120 cm³/mol. The maximum absolute atomic E-state index is 12.8. The van der Waals surface area contributed by atoms with E-state index in [1.165, 1.54) is 25.2 Å². The van der Waals surface area contributed by atoms with Gasteiger partial charge in [0.1, 0.15) is 0 Å². The van der Waals surface area contributed by atoms with Crippen LogP contribution in [0.3, 0.4) is 0 Å². The first kappa shape index (κ1) is 21.9. The van der Waals surface area contributed by atoms with E-state index in [9.17, 15) is 13.2 Å². The molecule has 0 aliphatic rings. The van der Waals surface area contributed by atoms with Gasteiger partial charge in [0.05, 0.1) is 27.2 Å². The normalized spacial score (nSPS) is 12.2. The van der Waals surface area contributed by atoms with E-state index in [-0.39, 0.29) is 21.9 Å². The van der Waals surface area contributed by atoms with Gasteiger partial charge in [-0.25, -0.2) is 8.42 Å². The topological polar surface area (TPSA) is 66.5 Å². The average molecular weight is 443 g/mol. The van der Waals surface area contributed by atoms with Crippen molar-refractivity contribution in [2.75, 3.05) is 11.4 Å². The van der Waals surface area contributed by atoms with Crippen LogP contribution < -0.4 is 9.62 Å². The van der Waals surface area contributed by atoms with Gasteiger partial charge >= 0.3 is 0 Å². The maximum Gasteiger partial charge on any atom is 0.264 e. The highest BCUT2D eigenvalue weighted by Crippen LogP contribution is 2.28.